The minimum absolute atomic E-state index is 0.0715. The summed E-state index contributed by atoms with van der Waals surface area (Å²) >= 11 is 0. The van der Waals surface area contributed by atoms with Crippen LogP contribution in [0.4, 0.5) is 10.1 Å². The molecule has 6 heterocycles. The Morgan fingerprint density at radius 1 is 1.09 bits per heavy atom. The summed E-state index contributed by atoms with van der Waals surface area (Å²) in [5, 5.41) is 1.53. The minimum Gasteiger partial charge on any atom is -0.367 e. The van der Waals surface area contributed by atoms with Crippen LogP contribution >= 0.6 is 0 Å². The number of hydrogen-bond acceptors (Lipinski definition) is 5. The van der Waals surface area contributed by atoms with Crippen molar-refractivity contribution in [1.82, 2.24) is 23.8 Å². The zero-order valence-electron chi connectivity index (χ0n) is 19.0. The van der Waals surface area contributed by atoms with Crippen LogP contribution in [0.15, 0.2) is 60.6 Å². The summed E-state index contributed by atoms with van der Waals surface area (Å²) in [5.74, 6) is 0. The summed E-state index contributed by atoms with van der Waals surface area (Å²) < 4.78 is 17.1. The molecule has 0 bridgehead atoms. The van der Waals surface area contributed by atoms with Crippen molar-refractivity contribution in [2.24, 2.45) is 0 Å². The molecule has 174 valence electrons. The number of halogens is 1. The molecule has 34 heavy (non-hydrogen) atoms. The van der Waals surface area contributed by atoms with Crippen molar-refractivity contribution < 1.29 is 4.39 Å². The van der Waals surface area contributed by atoms with E-state index < -0.39 is 6.17 Å². The van der Waals surface area contributed by atoms with Gasteiger partial charge in [-0.1, -0.05) is 12.7 Å². The van der Waals surface area contributed by atoms with E-state index in [1.165, 1.54) is 0 Å². The Balaban J connectivity index is 1.23. The van der Waals surface area contributed by atoms with Crippen LogP contribution in [0.5, 0.6) is 0 Å². The predicted octanol–water partition coefficient (Wildman–Crippen LogP) is 3.36. The molecule has 7 nitrogen and oxygen atoms in total. The van der Waals surface area contributed by atoms with E-state index in [0.29, 0.717) is 30.8 Å². The van der Waals surface area contributed by atoms with Gasteiger partial charge in [0.2, 0.25) is 0 Å². The van der Waals surface area contributed by atoms with Gasteiger partial charge >= 0.3 is 0 Å². The molecule has 0 atom stereocenters. The molecule has 0 saturated carbocycles. The number of fused-ring (bicyclic) bond motifs is 2. The SMILES string of the molecule is C=Cc1ccc2nc(Cn3ccc4c(N5CC(N6CCC(F)CC6)C5)cncc4c3=O)cn2c1. The van der Waals surface area contributed by atoms with Crippen LogP contribution in [0.3, 0.4) is 0 Å². The number of aromatic nitrogens is 4. The van der Waals surface area contributed by atoms with Gasteiger partial charge in [-0.3, -0.25) is 14.7 Å². The highest BCUT2D eigenvalue weighted by molar-refractivity contribution is 5.93. The minimum atomic E-state index is -0.651. The number of imidazole rings is 1. The monoisotopic (exact) mass is 458 g/mol. The van der Waals surface area contributed by atoms with E-state index in [2.05, 4.69) is 26.3 Å². The van der Waals surface area contributed by atoms with Crippen molar-refractivity contribution in [3.8, 4) is 0 Å². The van der Waals surface area contributed by atoms with Crippen molar-refractivity contribution in [3.63, 3.8) is 0 Å². The van der Waals surface area contributed by atoms with E-state index >= 15 is 0 Å². The number of hydrogen-bond donors (Lipinski definition) is 0. The molecule has 2 aliphatic heterocycles. The molecule has 0 amide bonds. The number of rotatable bonds is 5. The number of alkyl halides is 1. The van der Waals surface area contributed by atoms with Gasteiger partial charge in [-0.05, 0) is 36.6 Å². The average molecular weight is 459 g/mol. The zero-order valence-corrected chi connectivity index (χ0v) is 19.0. The lowest BCUT2D eigenvalue weighted by Crippen LogP contribution is -2.61. The molecule has 6 rings (SSSR count). The highest BCUT2D eigenvalue weighted by Gasteiger charge is 2.34. The maximum Gasteiger partial charge on any atom is 0.260 e. The number of anilines is 1. The lowest BCUT2D eigenvalue weighted by atomic mass is 10.0. The Hall–Kier alpha value is -3.52. The smallest absolute Gasteiger partial charge is 0.260 e. The number of pyridine rings is 3. The third-order valence-electron chi connectivity index (χ3n) is 7.15. The summed E-state index contributed by atoms with van der Waals surface area (Å²) in [6, 6.07) is 6.36. The molecule has 0 unspecified atom stereocenters. The van der Waals surface area contributed by atoms with Crippen LogP contribution in [0.1, 0.15) is 24.1 Å². The van der Waals surface area contributed by atoms with E-state index in [4.69, 9.17) is 0 Å². The first-order chi connectivity index (χ1) is 16.6. The molecular weight excluding hydrogens is 431 g/mol. The first-order valence-electron chi connectivity index (χ1n) is 11.8. The standard InChI is InChI=1S/C26H27FN6O/c1-2-18-3-4-25-29-20(15-33(25)13-18)14-31-10-7-22-23(26(31)34)11-28-12-24(22)32-16-21(17-32)30-8-5-19(27)6-9-30/h2-4,7,10-13,15,19,21H,1,5-6,8-9,14,16-17H2. The van der Waals surface area contributed by atoms with Gasteiger partial charge < -0.3 is 13.9 Å². The fourth-order valence-electron chi connectivity index (χ4n) is 5.12. The predicted molar refractivity (Wildman–Crippen MR) is 132 cm³/mol. The summed E-state index contributed by atoms with van der Waals surface area (Å²) in [6.07, 6.45) is 11.7. The molecule has 4 aromatic rings. The highest BCUT2D eigenvalue weighted by atomic mass is 19.1. The average Bonchev–Trinajstić information content (AvgIpc) is 3.23. The van der Waals surface area contributed by atoms with Crippen molar-refractivity contribution in [2.75, 3.05) is 31.1 Å². The molecule has 2 saturated heterocycles. The van der Waals surface area contributed by atoms with Gasteiger partial charge in [0, 0.05) is 62.4 Å². The molecule has 0 N–H and O–H groups in total. The van der Waals surface area contributed by atoms with E-state index in [-0.39, 0.29) is 5.56 Å². The Morgan fingerprint density at radius 2 is 1.91 bits per heavy atom. The van der Waals surface area contributed by atoms with Crippen LogP contribution in [0.25, 0.3) is 22.5 Å². The molecule has 4 aromatic heterocycles. The first-order valence-corrected chi connectivity index (χ1v) is 11.8. The summed E-state index contributed by atoms with van der Waals surface area (Å²) in [5.41, 5.74) is 3.58. The van der Waals surface area contributed by atoms with Gasteiger partial charge in [-0.2, -0.15) is 0 Å². The van der Waals surface area contributed by atoms with Gasteiger partial charge in [0.15, 0.2) is 0 Å². The summed E-state index contributed by atoms with van der Waals surface area (Å²) in [4.78, 5) is 27.0. The van der Waals surface area contributed by atoms with Gasteiger partial charge in [0.25, 0.3) is 5.56 Å². The van der Waals surface area contributed by atoms with Gasteiger partial charge in [0.1, 0.15) is 11.8 Å². The Kier molecular flexibility index (Phi) is 5.17. The van der Waals surface area contributed by atoms with Crippen molar-refractivity contribution in [2.45, 2.75) is 31.6 Å². The Morgan fingerprint density at radius 3 is 2.71 bits per heavy atom. The van der Waals surface area contributed by atoms with E-state index in [1.807, 2.05) is 47.4 Å². The lowest BCUT2D eigenvalue weighted by molar-refractivity contribution is 0.0964. The van der Waals surface area contributed by atoms with Crippen molar-refractivity contribution in [1.29, 1.82) is 0 Å². The fraction of sp³-hybridized carbons (Fsp3) is 0.346. The van der Waals surface area contributed by atoms with Crippen LogP contribution < -0.4 is 10.5 Å². The van der Waals surface area contributed by atoms with Crippen LogP contribution in [-0.4, -0.2) is 62.2 Å². The van der Waals surface area contributed by atoms with Crippen LogP contribution in [0, 0.1) is 0 Å². The topological polar surface area (TPSA) is 58.7 Å². The second kappa shape index (κ2) is 8.36. The molecule has 0 radical (unpaired) electrons. The molecule has 0 spiro atoms. The molecule has 2 aliphatic rings. The molecular formula is C26H27FN6O. The summed E-state index contributed by atoms with van der Waals surface area (Å²) in [6.45, 7) is 7.62. The molecule has 2 fully saturated rings. The summed E-state index contributed by atoms with van der Waals surface area (Å²) in [7, 11) is 0. The lowest BCUT2D eigenvalue weighted by Gasteiger charge is -2.48. The molecule has 0 aliphatic carbocycles. The third-order valence-corrected chi connectivity index (χ3v) is 7.15. The largest absolute Gasteiger partial charge is 0.367 e. The quantitative estimate of drug-likeness (QED) is 0.459. The second-order valence-electron chi connectivity index (χ2n) is 9.30. The fourth-order valence-corrected chi connectivity index (χ4v) is 5.12. The maximum atomic E-state index is 13.5. The van der Waals surface area contributed by atoms with Gasteiger partial charge in [-0.15, -0.1) is 0 Å². The number of piperidine rings is 1. The van der Waals surface area contributed by atoms with Crippen molar-refractivity contribution >= 4 is 28.2 Å². The van der Waals surface area contributed by atoms with Crippen molar-refractivity contribution in [3.05, 3.63) is 77.4 Å². The van der Waals surface area contributed by atoms with Crippen LogP contribution in [0.2, 0.25) is 0 Å². The highest BCUT2D eigenvalue weighted by Crippen LogP contribution is 2.30. The second-order valence-corrected chi connectivity index (χ2v) is 9.30. The van der Waals surface area contributed by atoms with Gasteiger partial charge in [0.05, 0.1) is 29.5 Å². The van der Waals surface area contributed by atoms with E-state index in [0.717, 1.165) is 54.2 Å². The molecule has 8 heteroatoms. The van der Waals surface area contributed by atoms with Gasteiger partial charge in [-0.25, -0.2) is 9.37 Å². The normalized spacial score (nSPS) is 18.0. The Labute approximate surface area is 196 Å². The maximum absolute atomic E-state index is 13.5. The number of nitrogens with zero attached hydrogens (tertiary/aromatic N) is 6. The van der Waals surface area contributed by atoms with E-state index in [9.17, 15) is 9.18 Å². The van der Waals surface area contributed by atoms with Crippen LogP contribution in [-0.2, 0) is 6.54 Å². The zero-order chi connectivity index (χ0) is 23.2. The number of likely N-dealkylation sites (tertiary alicyclic amines) is 1. The third kappa shape index (κ3) is 3.68. The first kappa shape index (κ1) is 21.0. The van der Waals surface area contributed by atoms with E-state index in [1.54, 1.807) is 16.8 Å². The Bertz CT molecular complexity index is 1430. The molecule has 0 aromatic carbocycles.